The molecule has 5 heteroatoms. The van der Waals surface area contributed by atoms with Crippen LogP contribution in [0.3, 0.4) is 0 Å². The topological polar surface area (TPSA) is 64.6 Å². The molecule has 4 unspecified atom stereocenters. The Bertz CT molecular complexity index is 2740. The number of rotatable bonds is 9. The number of allylic oxidation sites excluding steroid dienone is 6. The van der Waals surface area contributed by atoms with Crippen molar-refractivity contribution in [2.24, 2.45) is 10.7 Å². The second-order valence-corrected chi connectivity index (χ2v) is 14.8. The average Bonchev–Trinajstić information content (AvgIpc) is 3.81. The van der Waals surface area contributed by atoms with Crippen LogP contribution in [-0.2, 0) is 0 Å². The van der Waals surface area contributed by atoms with Crippen molar-refractivity contribution in [3.63, 3.8) is 0 Å². The highest BCUT2D eigenvalue weighted by atomic mass is 16.5. The molecular weight excluding hydrogens is 685 g/mol. The van der Waals surface area contributed by atoms with E-state index in [0.29, 0.717) is 0 Å². The van der Waals surface area contributed by atoms with Crippen molar-refractivity contribution >= 4 is 33.6 Å². The third-order valence-electron chi connectivity index (χ3n) is 11.3. The SMILES string of the molecule is NC(NC(/N=C/C1=CC=CCC1)c1ccccc1)c1cccc(-n2c3ccc(-c4ccccc4)cc3c3cc(C4C=CC=C5c6ccccc6OC54)ccc32)c1. The Balaban J connectivity index is 1.04. The number of nitrogens with one attached hydrogen (secondary N) is 1. The van der Waals surface area contributed by atoms with Crippen molar-refractivity contribution < 1.29 is 4.74 Å². The van der Waals surface area contributed by atoms with E-state index >= 15 is 0 Å². The predicted octanol–water partition coefficient (Wildman–Crippen LogP) is 11.5. The van der Waals surface area contributed by atoms with Crippen molar-refractivity contribution in [2.75, 3.05) is 0 Å². The maximum Gasteiger partial charge on any atom is 0.135 e. The summed E-state index contributed by atoms with van der Waals surface area (Å²) in [5.74, 6) is 1.04. The van der Waals surface area contributed by atoms with Gasteiger partial charge in [-0.3, -0.25) is 10.3 Å². The molecule has 2 aliphatic carbocycles. The minimum Gasteiger partial charge on any atom is -0.484 e. The summed E-state index contributed by atoms with van der Waals surface area (Å²) < 4.78 is 8.98. The molecule has 3 N–H and O–H groups in total. The third kappa shape index (κ3) is 6.31. The van der Waals surface area contributed by atoms with Gasteiger partial charge in [-0.25, -0.2) is 0 Å². The van der Waals surface area contributed by atoms with Crippen LogP contribution in [-0.4, -0.2) is 16.9 Å². The molecule has 0 saturated heterocycles. The summed E-state index contributed by atoms with van der Waals surface area (Å²) in [6.07, 6.45) is 16.3. The molecule has 5 nitrogen and oxygen atoms in total. The van der Waals surface area contributed by atoms with E-state index in [1.165, 1.54) is 44.2 Å². The van der Waals surface area contributed by atoms with Gasteiger partial charge in [0, 0.05) is 39.7 Å². The number of nitrogens with zero attached hydrogens (tertiary/aromatic N) is 2. The molecule has 10 rings (SSSR count). The maximum atomic E-state index is 7.01. The number of para-hydroxylation sites is 1. The lowest BCUT2D eigenvalue weighted by Gasteiger charge is -2.24. The number of hydrogen-bond donors (Lipinski definition) is 2. The summed E-state index contributed by atoms with van der Waals surface area (Å²) in [7, 11) is 0. The van der Waals surface area contributed by atoms with E-state index in [9.17, 15) is 0 Å². The quantitative estimate of drug-likeness (QED) is 0.115. The van der Waals surface area contributed by atoms with E-state index in [1.807, 2.05) is 30.5 Å². The number of aromatic nitrogens is 1. The molecule has 2 heterocycles. The van der Waals surface area contributed by atoms with Crippen LogP contribution in [0.1, 0.15) is 53.3 Å². The summed E-state index contributed by atoms with van der Waals surface area (Å²) in [5, 5.41) is 6.04. The summed E-state index contributed by atoms with van der Waals surface area (Å²) in [4.78, 5) is 5.01. The third-order valence-corrected chi connectivity index (χ3v) is 11.3. The highest BCUT2D eigenvalue weighted by Crippen LogP contribution is 2.46. The first-order chi connectivity index (χ1) is 27.7. The molecule has 56 heavy (non-hydrogen) atoms. The number of aliphatic imine (C=N–C) groups is 1. The fourth-order valence-corrected chi connectivity index (χ4v) is 8.50. The van der Waals surface area contributed by atoms with Gasteiger partial charge in [0.05, 0.1) is 17.2 Å². The van der Waals surface area contributed by atoms with Crippen LogP contribution in [0.4, 0.5) is 0 Å². The van der Waals surface area contributed by atoms with E-state index in [4.69, 9.17) is 15.5 Å². The van der Waals surface area contributed by atoms with Gasteiger partial charge in [-0.15, -0.1) is 0 Å². The fourth-order valence-electron chi connectivity index (χ4n) is 8.50. The van der Waals surface area contributed by atoms with Crippen LogP contribution in [0, 0.1) is 0 Å². The lowest BCUT2D eigenvalue weighted by atomic mass is 9.83. The molecular formula is C51H42N4O. The standard InChI is InChI=1S/C51H42N4O/c52-50(54-51(36-18-8-3-9-19-36)53-33-34-14-4-1-5-15-34)39-20-12-21-40(30-39)55-46-28-26-37(35-16-6-2-7-17-35)31-44(46)45-32-38(27-29-47(45)55)41-23-13-24-43-42-22-10-11-25-48(42)56-49(41)43/h1-4,6-14,16-33,41,49-51,54H,5,15,52H2/b53-33+. The maximum absolute atomic E-state index is 7.01. The summed E-state index contributed by atoms with van der Waals surface area (Å²) in [5.41, 5.74) is 19.6. The van der Waals surface area contributed by atoms with Gasteiger partial charge >= 0.3 is 0 Å². The van der Waals surface area contributed by atoms with Crippen molar-refractivity contribution in [3.8, 4) is 22.6 Å². The molecule has 0 saturated carbocycles. The summed E-state index contributed by atoms with van der Waals surface area (Å²) in [6.45, 7) is 0. The minimum atomic E-state index is -0.460. The van der Waals surface area contributed by atoms with E-state index in [0.717, 1.165) is 46.4 Å². The summed E-state index contributed by atoms with van der Waals surface area (Å²) in [6, 6.07) is 51.7. The molecule has 272 valence electrons. The van der Waals surface area contributed by atoms with Crippen molar-refractivity contribution in [1.82, 2.24) is 9.88 Å². The molecule has 0 bridgehead atoms. The first-order valence-corrected chi connectivity index (χ1v) is 19.5. The van der Waals surface area contributed by atoms with Gasteiger partial charge < -0.3 is 15.0 Å². The fraction of sp³-hybridized carbons (Fsp3) is 0.118. The molecule has 1 aromatic heterocycles. The Morgan fingerprint density at radius 2 is 1.48 bits per heavy atom. The van der Waals surface area contributed by atoms with E-state index < -0.39 is 6.17 Å². The molecule has 6 aromatic carbocycles. The van der Waals surface area contributed by atoms with Crippen LogP contribution >= 0.6 is 0 Å². The van der Waals surface area contributed by atoms with E-state index in [-0.39, 0.29) is 18.2 Å². The van der Waals surface area contributed by atoms with Gasteiger partial charge in [-0.05, 0) is 88.7 Å². The van der Waals surface area contributed by atoms with Gasteiger partial charge in [-0.2, -0.15) is 0 Å². The van der Waals surface area contributed by atoms with Gasteiger partial charge in [0.25, 0.3) is 0 Å². The highest BCUT2D eigenvalue weighted by Gasteiger charge is 2.36. The van der Waals surface area contributed by atoms with Gasteiger partial charge in [0.2, 0.25) is 0 Å². The second-order valence-electron chi connectivity index (χ2n) is 14.8. The Labute approximate surface area is 327 Å². The number of nitrogens with two attached hydrogens (primary N) is 1. The normalized spacial score (nSPS) is 18.4. The zero-order valence-electron chi connectivity index (χ0n) is 31.0. The largest absolute Gasteiger partial charge is 0.484 e. The Kier molecular flexibility index (Phi) is 8.87. The van der Waals surface area contributed by atoms with E-state index in [2.05, 4.69) is 168 Å². The zero-order chi connectivity index (χ0) is 37.4. The monoisotopic (exact) mass is 726 g/mol. The Hall–Kier alpha value is -6.53. The van der Waals surface area contributed by atoms with Crippen LogP contribution in [0.2, 0.25) is 0 Å². The molecule has 0 amide bonds. The van der Waals surface area contributed by atoms with Gasteiger partial charge in [0.1, 0.15) is 18.0 Å². The molecule has 7 aromatic rings. The van der Waals surface area contributed by atoms with Crippen LogP contribution < -0.4 is 15.8 Å². The van der Waals surface area contributed by atoms with Crippen molar-refractivity contribution in [3.05, 3.63) is 210 Å². The van der Waals surface area contributed by atoms with Gasteiger partial charge in [0.15, 0.2) is 0 Å². The first-order valence-electron chi connectivity index (χ1n) is 19.5. The first kappa shape index (κ1) is 34.0. The van der Waals surface area contributed by atoms with Crippen molar-refractivity contribution in [2.45, 2.75) is 37.2 Å². The number of fused-ring (bicyclic) bond motifs is 6. The molecule has 1 aliphatic heterocycles. The second kappa shape index (κ2) is 14.6. The smallest absolute Gasteiger partial charge is 0.135 e. The highest BCUT2D eigenvalue weighted by molar-refractivity contribution is 6.11. The lowest BCUT2D eigenvalue weighted by molar-refractivity contribution is 0.258. The molecule has 4 atom stereocenters. The predicted molar refractivity (Wildman–Crippen MR) is 231 cm³/mol. The zero-order valence-corrected chi connectivity index (χ0v) is 31.0. The molecule has 3 aliphatic rings. The van der Waals surface area contributed by atoms with Gasteiger partial charge in [-0.1, -0.05) is 140 Å². The summed E-state index contributed by atoms with van der Waals surface area (Å²) >= 11 is 0. The average molecular weight is 727 g/mol. The molecule has 0 radical (unpaired) electrons. The van der Waals surface area contributed by atoms with Crippen molar-refractivity contribution in [1.29, 1.82) is 0 Å². The Morgan fingerprint density at radius 3 is 2.32 bits per heavy atom. The van der Waals surface area contributed by atoms with Crippen LogP contribution in [0.5, 0.6) is 5.75 Å². The molecule has 0 spiro atoms. The lowest BCUT2D eigenvalue weighted by Crippen LogP contribution is -2.31. The number of benzene rings is 6. The van der Waals surface area contributed by atoms with E-state index in [1.54, 1.807) is 0 Å². The van der Waals surface area contributed by atoms with Crippen LogP contribution in [0.15, 0.2) is 193 Å². The minimum absolute atomic E-state index is 0.0611. The number of ether oxygens (including phenoxy) is 1. The van der Waals surface area contributed by atoms with Crippen LogP contribution in [0.25, 0.3) is 44.2 Å². The number of hydrogen-bond acceptors (Lipinski definition) is 4. The Morgan fingerprint density at radius 1 is 0.714 bits per heavy atom. The molecule has 0 fully saturated rings.